The van der Waals surface area contributed by atoms with Crippen LogP contribution in [0.3, 0.4) is 0 Å². The molecule has 0 amide bonds. The number of hydrogen-bond donors (Lipinski definition) is 1. The average Bonchev–Trinajstić information content (AvgIpc) is 2.37. The number of benzene rings is 1. The summed E-state index contributed by atoms with van der Waals surface area (Å²) in [6.45, 7) is 2.39. The highest BCUT2D eigenvalue weighted by atomic mass is 79.9. The number of rotatable bonds is 4. The van der Waals surface area contributed by atoms with E-state index >= 15 is 0 Å². The van der Waals surface area contributed by atoms with Gasteiger partial charge in [0, 0.05) is 16.2 Å². The monoisotopic (exact) mass is 325 g/mol. The highest BCUT2D eigenvalue weighted by Gasteiger charge is 2.13. The van der Waals surface area contributed by atoms with Crippen LogP contribution in [-0.2, 0) is 0 Å². The van der Waals surface area contributed by atoms with Gasteiger partial charge in [-0.1, -0.05) is 15.9 Å². The van der Waals surface area contributed by atoms with Crippen LogP contribution in [0, 0.1) is 5.82 Å². The maximum absolute atomic E-state index is 13.3. The average molecular weight is 326 g/mol. The maximum Gasteiger partial charge on any atom is 0.137 e. The van der Waals surface area contributed by atoms with Gasteiger partial charge in [-0.15, -0.1) is 0 Å². The zero-order valence-electron chi connectivity index (χ0n) is 10.3. The fourth-order valence-electron chi connectivity index (χ4n) is 1.76. The fourth-order valence-corrected chi connectivity index (χ4v) is 2.24. The van der Waals surface area contributed by atoms with Crippen LogP contribution in [0.15, 0.2) is 41.1 Å². The molecule has 1 atom stereocenters. The van der Waals surface area contributed by atoms with Crippen LogP contribution in [0.4, 0.5) is 4.39 Å². The third kappa shape index (κ3) is 3.52. The maximum atomic E-state index is 13.3. The highest BCUT2D eigenvalue weighted by Crippen LogP contribution is 2.27. The van der Waals surface area contributed by atoms with Crippen molar-refractivity contribution in [3.8, 4) is 5.75 Å². The minimum atomic E-state index is -0.945. The largest absolute Gasteiger partial charge is 0.492 e. The summed E-state index contributed by atoms with van der Waals surface area (Å²) in [4.78, 5) is 4.00. The molecule has 0 aliphatic rings. The Morgan fingerprint density at radius 2 is 2.05 bits per heavy atom. The number of hydrogen-bond acceptors (Lipinski definition) is 3. The molecule has 2 aromatic rings. The van der Waals surface area contributed by atoms with Crippen LogP contribution >= 0.6 is 15.9 Å². The minimum absolute atomic E-state index is 0.405. The second kappa shape index (κ2) is 6.12. The van der Waals surface area contributed by atoms with E-state index < -0.39 is 11.9 Å². The van der Waals surface area contributed by atoms with Gasteiger partial charge in [-0.05, 0) is 36.8 Å². The molecular weight excluding hydrogens is 313 g/mol. The molecule has 0 spiro atoms. The smallest absolute Gasteiger partial charge is 0.137 e. The molecular formula is C14H13BrFNO2. The van der Waals surface area contributed by atoms with Crippen molar-refractivity contribution >= 4 is 15.9 Å². The summed E-state index contributed by atoms with van der Waals surface area (Å²) >= 11 is 3.20. The molecule has 0 fully saturated rings. The van der Waals surface area contributed by atoms with Crippen LogP contribution in [-0.4, -0.2) is 16.7 Å². The third-order valence-electron chi connectivity index (χ3n) is 2.56. The molecule has 1 N–H and O–H groups in total. The van der Waals surface area contributed by atoms with Crippen LogP contribution in [0.25, 0.3) is 0 Å². The number of ether oxygens (including phenoxy) is 1. The SMILES string of the molecule is CCOc1cncc(C(O)c2cc(F)cc(Br)c2)c1. The Bertz CT molecular complexity index is 557. The van der Waals surface area contributed by atoms with Crippen LogP contribution < -0.4 is 4.74 Å². The summed E-state index contributed by atoms with van der Waals surface area (Å²) in [5.74, 6) is 0.173. The molecule has 100 valence electrons. The predicted molar refractivity (Wildman–Crippen MR) is 73.6 cm³/mol. The molecule has 0 radical (unpaired) electrons. The lowest BCUT2D eigenvalue weighted by molar-refractivity contribution is 0.218. The Labute approximate surface area is 119 Å². The quantitative estimate of drug-likeness (QED) is 0.936. The van der Waals surface area contributed by atoms with E-state index in [2.05, 4.69) is 20.9 Å². The van der Waals surface area contributed by atoms with Crippen molar-refractivity contribution in [1.29, 1.82) is 0 Å². The fraction of sp³-hybridized carbons (Fsp3) is 0.214. The van der Waals surface area contributed by atoms with Crippen molar-refractivity contribution in [2.75, 3.05) is 6.61 Å². The molecule has 0 saturated carbocycles. The summed E-state index contributed by atoms with van der Waals surface area (Å²) < 4.78 is 19.2. The van der Waals surface area contributed by atoms with Gasteiger partial charge in [0.05, 0.1) is 12.8 Å². The molecule has 0 aliphatic heterocycles. The number of aromatic nitrogens is 1. The van der Waals surface area contributed by atoms with Gasteiger partial charge in [0.2, 0.25) is 0 Å². The van der Waals surface area contributed by atoms with E-state index in [1.165, 1.54) is 18.3 Å². The Kier molecular flexibility index (Phi) is 4.50. The number of aliphatic hydroxyl groups excluding tert-OH is 1. The van der Waals surface area contributed by atoms with Crippen LogP contribution in [0.5, 0.6) is 5.75 Å². The van der Waals surface area contributed by atoms with Crippen molar-refractivity contribution < 1.29 is 14.2 Å². The molecule has 1 heterocycles. The number of nitrogens with zero attached hydrogens (tertiary/aromatic N) is 1. The first-order valence-electron chi connectivity index (χ1n) is 5.82. The topological polar surface area (TPSA) is 42.4 Å². The van der Waals surface area contributed by atoms with E-state index in [0.717, 1.165) is 0 Å². The summed E-state index contributed by atoms with van der Waals surface area (Å²) in [6, 6.07) is 5.99. The standard InChI is InChI=1S/C14H13BrFNO2/c1-2-19-13-5-10(7-17-8-13)14(18)9-3-11(15)6-12(16)4-9/h3-8,14,18H,2H2,1H3. The van der Waals surface area contributed by atoms with E-state index in [4.69, 9.17) is 4.74 Å². The highest BCUT2D eigenvalue weighted by molar-refractivity contribution is 9.10. The molecule has 1 aromatic heterocycles. The second-order valence-electron chi connectivity index (χ2n) is 3.99. The predicted octanol–water partition coefficient (Wildman–Crippen LogP) is 3.46. The van der Waals surface area contributed by atoms with Gasteiger partial charge in [-0.2, -0.15) is 0 Å². The summed E-state index contributed by atoms with van der Waals surface area (Å²) in [5, 5.41) is 10.3. The number of aliphatic hydroxyl groups is 1. The molecule has 2 rings (SSSR count). The van der Waals surface area contributed by atoms with Crippen molar-refractivity contribution in [3.05, 3.63) is 58.1 Å². The normalized spacial score (nSPS) is 12.2. The van der Waals surface area contributed by atoms with E-state index in [9.17, 15) is 9.50 Å². The van der Waals surface area contributed by atoms with Crippen molar-refractivity contribution in [2.24, 2.45) is 0 Å². The Balaban J connectivity index is 2.32. The summed E-state index contributed by atoms with van der Waals surface area (Å²) in [6.07, 6.45) is 2.16. The van der Waals surface area contributed by atoms with Gasteiger partial charge in [-0.3, -0.25) is 4.98 Å². The Morgan fingerprint density at radius 3 is 2.74 bits per heavy atom. The third-order valence-corrected chi connectivity index (χ3v) is 3.02. The van der Waals surface area contributed by atoms with Gasteiger partial charge >= 0.3 is 0 Å². The lowest BCUT2D eigenvalue weighted by Gasteiger charge is -2.13. The lowest BCUT2D eigenvalue weighted by atomic mass is 10.0. The molecule has 5 heteroatoms. The zero-order valence-corrected chi connectivity index (χ0v) is 11.9. The van der Waals surface area contributed by atoms with Crippen molar-refractivity contribution in [2.45, 2.75) is 13.0 Å². The summed E-state index contributed by atoms with van der Waals surface area (Å²) in [7, 11) is 0. The van der Waals surface area contributed by atoms with Crippen molar-refractivity contribution in [3.63, 3.8) is 0 Å². The van der Waals surface area contributed by atoms with Gasteiger partial charge in [0.15, 0.2) is 0 Å². The van der Waals surface area contributed by atoms with Gasteiger partial charge in [-0.25, -0.2) is 4.39 Å². The second-order valence-corrected chi connectivity index (χ2v) is 4.91. The lowest BCUT2D eigenvalue weighted by Crippen LogP contribution is -2.02. The first kappa shape index (κ1) is 14.0. The first-order valence-corrected chi connectivity index (χ1v) is 6.61. The molecule has 19 heavy (non-hydrogen) atoms. The first-order chi connectivity index (χ1) is 9.10. The van der Waals surface area contributed by atoms with E-state index in [1.807, 2.05) is 6.92 Å². The number of halogens is 2. The van der Waals surface area contributed by atoms with E-state index in [0.29, 0.717) is 28.0 Å². The van der Waals surface area contributed by atoms with Gasteiger partial charge in [0.1, 0.15) is 17.7 Å². The summed E-state index contributed by atoms with van der Waals surface area (Å²) in [5.41, 5.74) is 1.02. The van der Waals surface area contributed by atoms with Crippen LogP contribution in [0.2, 0.25) is 0 Å². The molecule has 0 aliphatic carbocycles. The molecule has 3 nitrogen and oxygen atoms in total. The van der Waals surface area contributed by atoms with E-state index in [-0.39, 0.29) is 0 Å². The molecule has 0 saturated heterocycles. The Morgan fingerprint density at radius 1 is 1.26 bits per heavy atom. The van der Waals surface area contributed by atoms with Gasteiger partial charge < -0.3 is 9.84 Å². The Hall–Kier alpha value is -1.46. The van der Waals surface area contributed by atoms with Gasteiger partial charge in [0.25, 0.3) is 0 Å². The molecule has 1 unspecified atom stereocenters. The number of pyridine rings is 1. The zero-order chi connectivity index (χ0) is 13.8. The van der Waals surface area contributed by atoms with E-state index in [1.54, 1.807) is 18.3 Å². The molecule has 0 bridgehead atoms. The molecule has 1 aromatic carbocycles. The van der Waals surface area contributed by atoms with Crippen LogP contribution in [0.1, 0.15) is 24.2 Å². The minimum Gasteiger partial charge on any atom is -0.492 e. The van der Waals surface area contributed by atoms with Crippen molar-refractivity contribution in [1.82, 2.24) is 4.98 Å².